The van der Waals surface area contributed by atoms with Crippen molar-refractivity contribution in [2.75, 3.05) is 26.2 Å². The Labute approximate surface area is 91.1 Å². The third kappa shape index (κ3) is 2.50. The molecule has 0 bridgehead atoms. The summed E-state index contributed by atoms with van der Waals surface area (Å²) in [6, 6.07) is -0.112. The van der Waals surface area contributed by atoms with Crippen LogP contribution in [0.2, 0.25) is 0 Å². The van der Waals surface area contributed by atoms with E-state index in [-0.39, 0.29) is 24.2 Å². The lowest BCUT2D eigenvalue weighted by atomic mass is 9.90. The second-order valence-electron chi connectivity index (χ2n) is 5.16. The topological polar surface area (TPSA) is 69.7 Å². The molecule has 4 heteroatoms. The molecule has 0 radical (unpaired) electrons. The first-order chi connectivity index (χ1) is 7.16. The van der Waals surface area contributed by atoms with Crippen molar-refractivity contribution < 1.29 is 10.2 Å². The van der Waals surface area contributed by atoms with E-state index in [9.17, 15) is 5.11 Å². The molecule has 4 N–H and O–H groups in total. The van der Waals surface area contributed by atoms with Crippen LogP contribution < -0.4 is 5.73 Å². The molecule has 1 aliphatic heterocycles. The highest BCUT2D eigenvalue weighted by Gasteiger charge is 2.50. The van der Waals surface area contributed by atoms with Gasteiger partial charge >= 0.3 is 0 Å². The van der Waals surface area contributed by atoms with Crippen LogP contribution in [-0.2, 0) is 0 Å². The van der Waals surface area contributed by atoms with Gasteiger partial charge in [0.1, 0.15) is 0 Å². The first kappa shape index (κ1) is 11.3. The zero-order valence-corrected chi connectivity index (χ0v) is 9.23. The molecule has 2 unspecified atom stereocenters. The summed E-state index contributed by atoms with van der Waals surface area (Å²) in [4.78, 5) is 2.27. The van der Waals surface area contributed by atoms with Crippen molar-refractivity contribution in [2.45, 2.75) is 37.8 Å². The monoisotopic (exact) mass is 214 g/mol. The van der Waals surface area contributed by atoms with Crippen molar-refractivity contribution in [1.82, 2.24) is 4.90 Å². The molecule has 2 fully saturated rings. The van der Waals surface area contributed by atoms with Crippen molar-refractivity contribution in [3.8, 4) is 0 Å². The molecule has 15 heavy (non-hydrogen) atoms. The predicted molar refractivity (Wildman–Crippen MR) is 58.4 cm³/mol. The average Bonchev–Trinajstić information content (AvgIpc) is 3.01. The first-order valence-corrected chi connectivity index (χ1v) is 5.93. The van der Waals surface area contributed by atoms with E-state index in [2.05, 4.69) is 4.90 Å². The molecular formula is C11H22N2O2. The number of likely N-dealkylation sites (tertiary alicyclic amines) is 1. The molecule has 1 saturated carbocycles. The van der Waals surface area contributed by atoms with Gasteiger partial charge in [0.15, 0.2) is 0 Å². The Bertz CT molecular complexity index is 219. The molecule has 1 heterocycles. The number of nitrogens with two attached hydrogens (primary N) is 1. The molecule has 1 spiro atoms. The molecule has 0 aromatic heterocycles. The highest BCUT2D eigenvalue weighted by atomic mass is 16.3. The third-order valence-corrected chi connectivity index (χ3v) is 4.01. The molecule has 2 rings (SSSR count). The average molecular weight is 214 g/mol. The number of hydrogen-bond donors (Lipinski definition) is 3. The molecule has 2 atom stereocenters. The van der Waals surface area contributed by atoms with Crippen LogP contribution in [-0.4, -0.2) is 53.5 Å². The lowest BCUT2D eigenvalue weighted by Crippen LogP contribution is -2.46. The smallest absolute Gasteiger partial charge is 0.0723 e. The number of piperidine rings is 1. The maximum absolute atomic E-state index is 9.97. The molecule has 2 aliphatic rings. The van der Waals surface area contributed by atoms with E-state index in [1.807, 2.05) is 0 Å². The van der Waals surface area contributed by atoms with Crippen LogP contribution in [0.5, 0.6) is 0 Å². The van der Waals surface area contributed by atoms with Gasteiger partial charge in [0, 0.05) is 12.6 Å². The molecule has 0 aromatic rings. The van der Waals surface area contributed by atoms with Crippen molar-refractivity contribution in [2.24, 2.45) is 11.1 Å². The largest absolute Gasteiger partial charge is 0.395 e. The van der Waals surface area contributed by atoms with Crippen molar-refractivity contribution in [3.05, 3.63) is 0 Å². The summed E-state index contributed by atoms with van der Waals surface area (Å²) in [6.07, 6.45) is 4.21. The van der Waals surface area contributed by atoms with Crippen LogP contribution in [0.4, 0.5) is 0 Å². The minimum absolute atomic E-state index is 0.0559. The van der Waals surface area contributed by atoms with Gasteiger partial charge in [0.05, 0.1) is 12.7 Å². The van der Waals surface area contributed by atoms with Gasteiger partial charge in [0.2, 0.25) is 0 Å². The molecule has 4 nitrogen and oxygen atoms in total. The van der Waals surface area contributed by atoms with E-state index in [1.54, 1.807) is 0 Å². The summed E-state index contributed by atoms with van der Waals surface area (Å²) in [5, 5.41) is 18.8. The molecule has 0 amide bonds. The number of β-amino-alcohol motifs (C(OH)–C–C–N with tert-alkyl or cyclic N) is 1. The summed E-state index contributed by atoms with van der Waals surface area (Å²) in [6.45, 7) is 2.82. The van der Waals surface area contributed by atoms with Gasteiger partial charge in [-0.2, -0.15) is 0 Å². The van der Waals surface area contributed by atoms with Gasteiger partial charge in [-0.3, -0.25) is 0 Å². The molecular weight excluding hydrogens is 192 g/mol. The van der Waals surface area contributed by atoms with Gasteiger partial charge in [0.25, 0.3) is 0 Å². The number of hydrogen-bond acceptors (Lipinski definition) is 4. The van der Waals surface area contributed by atoms with E-state index in [0.29, 0.717) is 0 Å². The van der Waals surface area contributed by atoms with Crippen LogP contribution in [0, 0.1) is 5.41 Å². The normalized spacial score (nSPS) is 31.8. The summed E-state index contributed by atoms with van der Waals surface area (Å²) < 4.78 is 0. The minimum atomic E-state index is -0.142. The van der Waals surface area contributed by atoms with Gasteiger partial charge in [-0.25, -0.2) is 0 Å². The van der Waals surface area contributed by atoms with Crippen LogP contribution >= 0.6 is 0 Å². The van der Waals surface area contributed by atoms with Crippen LogP contribution in [0.15, 0.2) is 0 Å². The van der Waals surface area contributed by atoms with Gasteiger partial charge in [-0.05, 0) is 44.2 Å². The number of nitrogens with zero attached hydrogens (tertiary/aromatic N) is 1. The van der Waals surface area contributed by atoms with Crippen molar-refractivity contribution in [3.63, 3.8) is 0 Å². The lowest BCUT2D eigenvalue weighted by molar-refractivity contribution is 0.00723. The van der Waals surface area contributed by atoms with Crippen LogP contribution in [0.3, 0.4) is 0 Å². The van der Waals surface area contributed by atoms with Gasteiger partial charge in [-0.15, -0.1) is 0 Å². The Morgan fingerprint density at radius 1 is 1.40 bits per heavy atom. The zero-order chi connectivity index (χ0) is 10.9. The molecule has 0 aromatic carbocycles. The summed E-state index contributed by atoms with van der Waals surface area (Å²) in [5.74, 6) is 0. The fraction of sp³-hybridized carbons (Fsp3) is 1.00. The van der Waals surface area contributed by atoms with Crippen molar-refractivity contribution in [1.29, 1.82) is 0 Å². The predicted octanol–water partition coefficient (Wildman–Crippen LogP) is -0.457. The second-order valence-corrected chi connectivity index (χ2v) is 5.16. The standard InChI is InChI=1S/C11H22N2O2/c12-9(8-14)1-5-13-6-4-11(2-3-11)10(15)7-13/h9-10,14-15H,1-8,12H2. The first-order valence-electron chi connectivity index (χ1n) is 5.93. The quantitative estimate of drug-likeness (QED) is 0.592. The third-order valence-electron chi connectivity index (χ3n) is 4.01. The van der Waals surface area contributed by atoms with Gasteiger partial charge < -0.3 is 20.8 Å². The summed E-state index contributed by atoms with van der Waals surface area (Å²) in [5.41, 5.74) is 5.94. The fourth-order valence-corrected chi connectivity index (χ4v) is 2.46. The molecule has 1 aliphatic carbocycles. The van der Waals surface area contributed by atoms with Gasteiger partial charge in [-0.1, -0.05) is 0 Å². The second kappa shape index (κ2) is 4.37. The molecule has 88 valence electrons. The Balaban J connectivity index is 1.72. The Hall–Kier alpha value is -0.160. The summed E-state index contributed by atoms with van der Waals surface area (Å²) >= 11 is 0. The minimum Gasteiger partial charge on any atom is -0.395 e. The number of aliphatic hydroxyl groups excluding tert-OH is 2. The van der Waals surface area contributed by atoms with E-state index in [4.69, 9.17) is 10.8 Å². The Morgan fingerprint density at radius 3 is 2.67 bits per heavy atom. The maximum atomic E-state index is 9.97. The number of rotatable bonds is 4. The SMILES string of the molecule is NC(CO)CCN1CCC2(CC2)C(O)C1. The van der Waals surface area contributed by atoms with Crippen LogP contribution in [0.25, 0.3) is 0 Å². The van der Waals surface area contributed by atoms with E-state index in [0.717, 1.165) is 32.5 Å². The van der Waals surface area contributed by atoms with E-state index >= 15 is 0 Å². The highest BCUT2D eigenvalue weighted by Crippen LogP contribution is 2.53. The zero-order valence-electron chi connectivity index (χ0n) is 9.23. The Kier molecular flexibility index (Phi) is 3.30. The summed E-state index contributed by atoms with van der Waals surface area (Å²) in [7, 11) is 0. The van der Waals surface area contributed by atoms with E-state index in [1.165, 1.54) is 12.8 Å². The fourth-order valence-electron chi connectivity index (χ4n) is 2.46. The Morgan fingerprint density at radius 2 is 2.13 bits per heavy atom. The van der Waals surface area contributed by atoms with Crippen LogP contribution in [0.1, 0.15) is 25.7 Å². The highest BCUT2D eigenvalue weighted by molar-refractivity contribution is 5.02. The number of aliphatic hydroxyl groups is 2. The molecule has 1 saturated heterocycles. The lowest BCUT2D eigenvalue weighted by Gasteiger charge is -2.36. The van der Waals surface area contributed by atoms with E-state index < -0.39 is 0 Å². The maximum Gasteiger partial charge on any atom is 0.0723 e. The van der Waals surface area contributed by atoms with Crippen molar-refractivity contribution >= 4 is 0 Å².